The molecule has 0 aliphatic carbocycles. The lowest BCUT2D eigenvalue weighted by atomic mass is 10.0. The molecule has 35 heavy (non-hydrogen) atoms. The minimum Gasteiger partial charge on any atom is -0.365 e. The third kappa shape index (κ3) is 5.61. The van der Waals surface area contributed by atoms with Crippen LogP contribution in [0, 0.1) is 0 Å². The van der Waals surface area contributed by atoms with Crippen LogP contribution in [-0.4, -0.2) is 51.7 Å². The van der Waals surface area contributed by atoms with Gasteiger partial charge in [0.2, 0.25) is 0 Å². The van der Waals surface area contributed by atoms with Crippen LogP contribution in [0.1, 0.15) is 34.6 Å². The third-order valence-corrected chi connectivity index (χ3v) is 8.48. The highest BCUT2D eigenvalue weighted by Crippen LogP contribution is 2.29. The molecular formula is C27H26Cl2N2O3S. The maximum Gasteiger partial charge on any atom is 0.254 e. The van der Waals surface area contributed by atoms with E-state index < -0.39 is 10.8 Å². The molecule has 182 valence electrons. The van der Waals surface area contributed by atoms with E-state index in [1.54, 1.807) is 42.5 Å². The van der Waals surface area contributed by atoms with E-state index in [4.69, 9.17) is 23.2 Å². The molecule has 3 aromatic carbocycles. The summed E-state index contributed by atoms with van der Waals surface area (Å²) in [5, 5.41) is 0.895. The molecule has 0 aromatic heterocycles. The molecule has 0 bridgehead atoms. The molecule has 1 aliphatic heterocycles. The number of benzene rings is 3. The summed E-state index contributed by atoms with van der Waals surface area (Å²) in [5.41, 5.74) is 1.97. The van der Waals surface area contributed by atoms with E-state index in [1.165, 1.54) is 0 Å². The molecule has 8 heteroatoms. The SMILES string of the molecule is C[C@H]1[C@H](C)N(c2cccc(Cl)c2)CCN1C(=O)c1ccc(S(=O)CC(=O)c2ccccc2)c(Cl)c1. The summed E-state index contributed by atoms with van der Waals surface area (Å²) in [5.74, 6) is -0.521. The van der Waals surface area contributed by atoms with Crippen LogP contribution in [0.3, 0.4) is 0 Å². The molecule has 0 N–H and O–H groups in total. The molecule has 1 fully saturated rings. The van der Waals surface area contributed by atoms with Gasteiger partial charge >= 0.3 is 0 Å². The Morgan fingerprint density at radius 3 is 2.31 bits per heavy atom. The highest BCUT2D eigenvalue weighted by atomic mass is 35.5. The van der Waals surface area contributed by atoms with Crippen LogP contribution >= 0.6 is 23.2 Å². The molecule has 1 aliphatic rings. The second-order valence-corrected chi connectivity index (χ2v) is 10.8. The van der Waals surface area contributed by atoms with Gasteiger partial charge in [-0.25, -0.2) is 0 Å². The first-order valence-electron chi connectivity index (χ1n) is 11.4. The van der Waals surface area contributed by atoms with Crippen molar-refractivity contribution in [1.29, 1.82) is 0 Å². The van der Waals surface area contributed by atoms with Gasteiger partial charge in [0.15, 0.2) is 5.78 Å². The Kier molecular flexibility index (Phi) is 7.95. The van der Waals surface area contributed by atoms with Crippen molar-refractivity contribution in [1.82, 2.24) is 4.90 Å². The molecule has 4 rings (SSSR count). The maximum absolute atomic E-state index is 13.3. The minimum absolute atomic E-state index is 0.0497. The van der Waals surface area contributed by atoms with E-state index in [9.17, 15) is 13.8 Å². The fourth-order valence-corrected chi connectivity index (χ4v) is 6.02. The van der Waals surface area contributed by atoms with Gasteiger partial charge in [0.05, 0.1) is 26.5 Å². The van der Waals surface area contributed by atoms with Gasteiger partial charge in [0.25, 0.3) is 5.91 Å². The highest BCUT2D eigenvalue weighted by Gasteiger charge is 2.34. The molecule has 1 amide bonds. The number of anilines is 1. The van der Waals surface area contributed by atoms with Gasteiger partial charge < -0.3 is 9.80 Å². The normalized spacial score (nSPS) is 18.9. The third-order valence-electron chi connectivity index (χ3n) is 6.45. The summed E-state index contributed by atoms with van der Waals surface area (Å²) in [6, 6.07) is 21.2. The van der Waals surface area contributed by atoms with Gasteiger partial charge in [-0.15, -0.1) is 0 Å². The molecule has 1 saturated heterocycles. The zero-order valence-electron chi connectivity index (χ0n) is 19.5. The monoisotopic (exact) mass is 528 g/mol. The fourth-order valence-electron chi connectivity index (χ4n) is 4.34. The average molecular weight is 529 g/mol. The van der Waals surface area contributed by atoms with Gasteiger partial charge in [0.1, 0.15) is 0 Å². The van der Waals surface area contributed by atoms with Crippen LogP contribution in [0.2, 0.25) is 10.0 Å². The predicted octanol–water partition coefficient (Wildman–Crippen LogP) is 5.72. The Labute approximate surface area is 218 Å². The number of ketones is 1. The Morgan fingerprint density at radius 2 is 1.63 bits per heavy atom. The zero-order valence-corrected chi connectivity index (χ0v) is 21.8. The van der Waals surface area contributed by atoms with Gasteiger partial charge in [-0.1, -0.05) is 59.6 Å². The van der Waals surface area contributed by atoms with E-state index in [1.807, 2.05) is 42.2 Å². The first kappa shape index (κ1) is 25.4. The molecule has 0 spiro atoms. The van der Waals surface area contributed by atoms with Crippen molar-refractivity contribution in [2.75, 3.05) is 23.7 Å². The number of rotatable bonds is 6. The summed E-state index contributed by atoms with van der Waals surface area (Å²) in [6.07, 6.45) is 0. The molecule has 5 nitrogen and oxygen atoms in total. The van der Waals surface area contributed by atoms with Crippen molar-refractivity contribution in [3.63, 3.8) is 0 Å². The van der Waals surface area contributed by atoms with Crippen molar-refractivity contribution >= 4 is 51.4 Å². The quantitative estimate of drug-likeness (QED) is 0.383. The standard InChI is InChI=1S/C27H26Cl2N2O3S/c1-18-19(2)31(14-13-30(18)23-10-6-9-22(28)16-23)27(33)21-11-12-26(24(29)15-21)35(34)17-25(32)20-7-4-3-5-8-20/h3-12,15-16,18-19H,13-14,17H2,1-2H3/t18-,19-,35?/m0/s1. The number of carbonyl (C=O) groups excluding carboxylic acids is 2. The van der Waals surface area contributed by atoms with Crippen LogP contribution in [-0.2, 0) is 10.8 Å². The topological polar surface area (TPSA) is 57.7 Å². The number of carbonyl (C=O) groups is 2. The van der Waals surface area contributed by atoms with Crippen molar-refractivity contribution in [2.45, 2.75) is 30.8 Å². The second-order valence-electron chi connectivity index (χ2n) is 8.58. The number of nitrogens with zero attached hydrogens (tertiary/aromatic N) is 2. The average Bonchev–Trinajstić information content (AvgIpc) is 2.85. The molecule has 1 unspecified atom stereocenters. The van der Waals surface area contributed by atoms with Crippen molar-refractivity contribution in [2.24, 2.45) is 0 Å². The van der Waals surface area contributed by atoms with Gasteiger partial charge in [-0.05, 0) is 50.2 Å². The number of piperazine rings is 1. The van der Waals surface area contributed by atoms with Crippen LogP contribution in [0.4, 0.5) is 5.69 Å². The number of halogens is 2. The number of Topliss-reactive ketones (excluding diaryl/α,β-unsaturated/α-hetero) is 1. The smallest absolute Gasteiger partial charge is 0.254 e. The summed E-state index contributed by atoms with van der Waals surface area (Å²) < 4.78 is 12.8. The molecule has 0 saturated carbocycles. The van der Waals surface area contributed by atoms with Crippen LogP contribution in [0.5, 0.6) is 0 Å². The number of hydrogen-bond donors (Lipinski definition) is 0. The maximum atomic E-state index is 13.3. The molecule has 1 heterocycles. The van der Waals surface area contributed by atoms with Crippen molar-refractivity contribution in [3.8, 4) is 0 Å². The zero-order chi connectivity index (χ0) is 25.1. The van der Waals surface area contributed by atoms with E-state index in [0.29, 0.717) is 34.1 Å². The Bertz CT molecular complexity index is 1270. The van der Waals surface area contributed by atoms with Crippen LogP contribution in [0.15, 0.2) is 77.7 Å². The van der Waals surface area contributed by atoms with Gasteiger partial charge in [-0.2, -0.15) is 0 Å². The second kappa shape index (κ2) is 10.9. The van der Waals surface area contributed by atoms with E-state index >= 15 is 0 Å². The minimum atomic E-state index is -1.62. The van der Waals surface area contributed by atoms with Gasteiger partial charge in [0, 0.05) is 47.0 Å². The van der Waals surface area contributed by atoms with Crippen LogP contribution < -0.4 is 4.90 Å². The number of hydrogen-bond acceptors (Lipinski definition) is 4. The lowest BCUT2D eigenvalue weighted by molar-refractivity contribution is 0.0634. The predicted molar refractivity (Wildman–Crippen MR) is 142 cm³/mol. The Morgan fingerprint density at radius 1 is 0.886 bits per heavy atom. The lowest BCUT2D eigenvalue weighted by Gasteiger charge is -2.46. The summed E-state index contributed by atoms with van der Waals surface area (Å²) in [4.78, 5) is 30.2. The summed E-state index contributed by atoms with van der Waals surface area (Å²) >= 11 is 12.6. The number of amides is 1. The Balaban J connectivity index is 1.46. The van der Waals surface area contributed by atoms with E-state index in [-0.39, 0.29) is 34.5 Å². The van der Waals surface area contributed by atoms with E-state index in [2.05, 4.69) is 11.8 Å². The molecular weight excluding hydrogens is 503 g/mol. The summed E-state index contributed by atoms with van der Waals surface area (Å²) in [6.45, 7) is 5.34. The first-order valence-corrected chi connectivity index (χ1v) is 13.4. The van der Waals surface area contributed by atoms with E-state index in [0.717, 1.165) is 5.69 Å². The fraction of sp³-hybridized carbons (Fsp3) is 0.259. The lowest BCUT2D eigenvalue weighted by Crippen LogP contribution is -2.59. The summed E-state index contributed by atoms with van der Waals surface area (Å²) in [7, 11) is -1.62. The van der Waals surface area contributed by atoms with Gasteiger partial charge in [-0.3, -0.25) is 13.8 Å². The highest BCUT2D eigenvalue weighted by molar-refractivity contribution is 7.86. The van der Waals surface area contributed by atoms with Crippen molar-refractivity contribution < 1.29 is 13.8 Å². The first-order chi connectivity index (χ1) is 16.8. The largest absolute Gasteiger partial charge is 0.365 e. The molecule has 3 aromatic rings. The van der Waals surface area contributed by atoms with Crippen LogP contribution in [0.25, 0.3) is 0 Å². The Hall–Kier alpha value is -2.67. The molecule has 3 atom stereocenters. The van der Waals surface area contributed by atoms with Crippen molar-refractivity contribution in [3.05, 3.63) is 94.0 Å². The molecule has 0 radical (unpaired) electrons.